The number of imide groups is 1. The third-order valence-corrected chi connectivity index (χ3v) is 4.74. The molecule has 27 heavy (non-hydrogen) atoms. The zero-order valence-electron chi connectivity index (χ0n) is 14.5. The molecule has 1 saturated heterocycles. The molecular formula is C20H17NO5S. The maximum absolute atomic E-state index is 12.1. The van der Waals surface area contributed by atoms with Crippen molar-refractivity contribution in [3.63, 3.8) is 0 Å². The predicted molar refractivity (Wildman–Crippen MR) is 102 cm³/mol. The van der Waals surface area contributed by atoms with Crippen molar-refractivity contribution in [1.82, 2.24) is 4.90 Å². The standard InChI is InChI=1S/C20H17NO5S/c1-13-3-2-4-15(9-13)12-26-16-7-5-14(6-8-16)10-17-19(24)21(11-18(22)23)20(25)27-17/h2-10H,11-12H2,1H3,(H,22,23)/b17-10+. The van der Waals surface area contributed by atoms with Crippen LogP contribution in [0.1, 0.15) is 16.7 Å². The van der Waals surface area contributed by atoms with E-state index in [9.17, 15) is 14.4 Å². The van der Waals surface area contributed by atoms with Gasteiger partial charge in [-0.05, 0) is 48.0 Å². The van der Waals surface area contributed by atoms with Gasteiger partial charge >= 0.3 is 5.97 Å². The highest BCUT2D eigenvalue weighted by atomic mass is 32.2. The van der Waals surface area contributed by atoms with E-state index in [0.717, 1.165) is 27.8 Å². The average molecular weight is 383 g/mol. The van der Waals surface area contributed by atoms with E-state index in [-0.39, 0.29) is 4.91 Å². The van der Waals surface area contributed by atoms with Crippen LogP contribution >= 0.6 is 11.8 Å². The van der Waals surface area contributed by atoms with Gasteiger partial charge in [-0.3, -0.25) is 19.3 Å². The van der Waals surface area contributed by atoms with E-state index < -0.39 is 23.7 Å². The summed E-state index contributed by atoms with van der Waals surface area (Å²) in [6.07, 6.45) is 1.57. The van der Waals surface area contributed by atoms with Gasteiger partial charge in [0.2, 0.25) is 0 Å². The molecule has 1 fully saturated rings. The lowest BCUT2D eigenvalue weighted by Gasteiger charge is -2.08. The molecule has 2 aromatic carbocycles. The minimum Gasteiger partial charge on any atom is -0.489 e. The number of amides is 2. The average Bonchev–Trinajstić information content (AvgIpc) is 2.88. The predicted octanol–water partition coefficient (Wildman–Crippen LogP) is 3.69. The molecule has 0 saturated carbocycles. The van der Waals surface area contributed by atoms with Crippen molar-refractivity contribution in [2.24, 2.45) is 0 Å². The molecule has 1 N–H and O–H groups in total. The van der Waals surface area contributed by atoms with Gasteiger partial charge in [0.05, 0.1) is 4.91 Å². The maximum Gasteiger partial charge on any atom is 0.323 e. The molecule has 0 radical (unpaired) electrons. The molecule has 3 rings (SSSR count). The SMILES string of the molecule is Cc1cccc(COc2ccc(/C=C3/SC(=O)N(CC(=O)O)C3=O)cc2)c1. The third-order valence-electron chi connectivity index (χ3n) is 3.83. The van der Waals surface area contributed by atoms with Crippen LogP contribution < -0.4 is 4.74 Å². The zero-order valence-corrected chi connectivity index (χ0v) is 15.4. The molecule has 0 aliphatic carbocycles. The summed E-state index contributed by atoms with van der Waals surface area (Å²) >= 11 is 0.736. The van der Waals surface area contributed by atoms with Crippen LogP contribution in [0.3, 0.4) is 0 Å². The number of benzene rings is 2. The van der Waals surface area contributed by atoms with Crippen molar-refractivity contribution < 1.29 is 24.2 Å². The molecule has 7 heteroatoms. The van der Waals surface area contributed by atoms with Gasteiger partial charge in [0, 0.05) is 0 Å². The van der Waals surface area contributed by atoms with Crippen LogP contribution in [0.2, 0.25) is 0 Å². The second-order valence-corrected chi connectivity index (χ2v) is 7.00. The first-order valence-corrected chi connectivity index (χ1v) is 8.99. The van der Waals surface area contributed by atoms with Crippen LogP contribution in [0.25, 0.3) is 6.08 Å². The fourth-order valence-electron chi connectivity index (χ4n) is 2.55. The summed E-state index contributed by atoms with van der Waals surface area (Å²) in [7, 11) is 0. The van der Waals surface area contributed by atoms with Gasteiger partial charge in [-0.1, -0.05) is 42.0 Å². The van der Waals surface area contributed by atoms with E-state index in [1.165, 1.54) is 5.56 Å². The molecule has 138 valence electrons. The van der Waals surface area contributed by atoms with Crippen LogP contribution in [0.5, 0.6) is 5.75 Å². The minimum atomic E-state index is -1.23. The lowest BCUT2D eigenvalue weighted by Crippen LogP contribution is -2.33. The smallest absolute Gasteiger partial charge is 0.323 e. The van der Waals surface area contributed by atoms with E-state index >= 15 is 0 Å². The third kappa shape index (κ3) is 4.77. The number of aliphatic carboxylic acids is 1. The fourth-order valence-corrected chi connectivity index (χ4v) is 3.39. The van der Waals surface area contributed by atoms with Gasteiger partial charge in [-0.15, -0.1) is 0 Å². The van der Waals surface area contributed by atoms with Crippen molar-refractivity contribution in [1.29, 1.82) is 0 Å². The van der Waals surface area contributed by atoms with E-state index in [4.69, 9.17) is 9.84 Å². The van der Waals surface area contributed by atoms with Crippen molar-refractivity contribution in [2.75, 3.05) is 6.54 Å². The Morgan fingerprint density at radius 1 is 1.19 bits per heavy atom. The molecule has 1 heterocycles. The molecule has 0 bridgehead atoms. The fraction of sp³-hybridized carbons (Fsp3) is 0.150. The summed E-state index contributed by atoms with van der Waals surface area (Å²) in [5.41, 5.74) is 2.97. The normalized spacial score (nSPS) is 15.4. The van der Waals surface area contributed by atoms with Gasteiger partial charge in [0.25, 0.3) is 11.1 Å². The molecule has 0 atom stereocenters. The van der Waals surface area contributed by atoms with Gasteiger partial charge in [-0.2, -0.15) is 0 Å². The first kappa shape index (κ1) is 18.7. The van der Waals surface area contributed by atoms with Crippen molar-refractivity contribution in [2.45, 2.75) is 13.5 Å². The Hall–Kier alpha value is -3.06. The lowest BCUT2D eigenvalue weighted by molar-refractivity contribution is -0.140. The Kier molecular flexibility index (Phi) is 5.61. The quantitative estimate of drug-likeness (QED) is 0.766. The Morgan fingerprint density at radius 2 is 1.93 bits per heavy atom. The number of nitrogens with zero attached hydrogens (tertiary/aromatic N) is 1. The van der Waals surface area contributed by atoms with Crippen LogP contribution in [0.15, 0.2) is 53.4 Å². The molecule has 0 spiro atoms. The highest BCUT2D eigenvalue weighted by molar-refractivity contribution is 8.18. The van der Waals surface area contributed by atoms with Crippen molar-refractivity contribution >= 4 is 35.0 Å². The second-order valence-electron chi connectivity index (χ2n) is 6.01. The van der Waals surface area contributed by atoms with Crippen LogP contribution in [0.4, 0.5) is 4.79 Å². The number of thioether (sulfide) groups is 1. The summed E-state index contributed by atoms with van der Waals surface area (Å²) < 4.78 is 5.75. The van der Waals surface area contributed by atoms with E-state index in [1.54, 1.807) is 30.3 Å². The second kappa shape index (κ2) is 8.09. The highest BCUT2D eigenvalue weighted by Crippen LogP contribution is 2.32. The van der Waals surface area contributed by atoms with Crippen molar-refractivity contribution in [3.05, 3.63) is 70.1 Å². The number of carbonyl (C=O) groups is 3. The number of carboxylic acid groups (broad SMARTS) is 1. The number of hydrogen-bond donors (Lipinski definition) is 1. The Labute approximate surface area is 160 Å². The number of carbonyl (C=O) groups excluding carboxylic acids is 2. The van der Waals surface area contributed by atoms with Gasteiger partial charge in [-0.25, -0.2) is 0 Å². The number of carboxylic acids is 1. The van der Waals surface area contributed by atoms with Gasteiger partial charge in [0.1, 0.15) is 18.9 Å². The molecule has 1 aliphatic rings. The lowest BCUT2D eigenvalue weighted by atomic mass is 10.1. The molecule has 1 aliphatic heterocycles. The largest absolute Gasteiger partial charge is 0.489 e. The van der Waals surface area contributed by atoms with E-state index in [2.05, 4.69) is 6.07 Å². The monoisotopic (exact) mass is 383 g/mol. The van der Waals surface area contributed by atoms with Crippen molar-refractivity contribution in [3.8, 4) is 5.75 Å². The molecule has 6 nitrogen and oxygen atoms in total. The number of rotatable bonds is 6. The van der Waals surface area contributed by atoms with Crippen LogP contribution in [0, 0.1) is 6.92 Å². The molecule has 2 aromatic rings. The summed E-state index contributed by atoms with van der Waals surface area (Å²) in [6, 6.07) is 15.2. The Balaban J connectivity index is 1.65. The van der Waals surface area contributed by atoms with Gasteiger partial charge < -0.3 is 9.84 Å². The minimum absolute atomic E-state index is 0.203. The molecular weight excluding hydrogens is 366 g/mol. The number of aryl methyl sites for hydroxylation is 1. The van der Waals surface area contributed by atoms with Gasteiger partial charge in [0.15, 0.2) is 0 Å². The zero-order chi connectivity index (χ0) is 19.4. The summed E-state index contributed by atoms with van der Waals surface area (Å²) in [5.74, 6) is -1.13. The van der Waals surface area contributed by atoms with Crippen LogP contribution in [-0.4, -0.2) is 33.7 Å². The summed E-state index contributed by atoms with van der Waals surface area (Å²) in [4.78, 5) is 35.6. The topological polar surface area (TPSA) is 83.9 Å². The Bertz CT molecular complexity index is 920. The Morgan fingerprint density at radius 3 is 2.59 bits per heavy atom. The van der Waals surface area contributed by atoms with E-state index in [0.29, 0.717) is 12.4 Å². The molecule has 0 unspecified atom stereocenters. The number of ether oxygens (including phenoxy) is 1. The summed E-state index contributed by atoms with van der Waals surface area (Å²) in [5, 5.41) is 8.20. The first-order valence-electron chi connectivity index (χ1n) is 8.18. The van der Waals surface area contributed by atoms with Crippen LogP contribution in [-0.2, 0) is 16.2 Å². The highest BCUT2D eigenvalue weighted by Gasteiger charge is 2.36. The van der Waals surface area contributed by atoms with E-state index in [1.807, 2.05) is 25.1 Å². The number of hydrogen-bond acceptors (Lipinski definition) is 5. The summed E-state index contributed by atoms with van der Waals surface area (Å²) in [6.45, 7) is 1.85. The molecule has 2 amide bonds. The maximum atomic E-state index is 12.1. The molecule has 0 aromatic heterocycles. The first-order chi connectivity index (χ1) is 12.9.